The molecule has 0 aliphatic heterocycles. The van der Waals surface area contributed by atoms with Crippen LogP contribution in [0, 0.1) is 32.2 Å². The summed E-state index contributed by atoms with van der Waals surface area (Å²) in [5, 5.41) is 5.53. The summed E-state index contributed by atoms with van der Waals surface area (Å²) in [6, 6.07) is 13.7. The van der Waals surface area contributed by atoms with E-state index >= 15 is 0 Å². The van der Waals surface area contributed by atoms with Crippen molar-refractivity contribution in [1.29, 1.82) is 0 Å². The van der Waals surface area contributed by atoms with E-state index in [9.17, 15) is 19.2 Å². The van der Waals surface area contributed by atoms with E-state index in [1.807, 2.05) is 69.3 Å². The van der Waals surface area contributed by atoms with E-state index in [1.54, 1.807) is 48.5 Å². The topological polar surface area (TPSA) is 114 Å². The molecule has 0 heterocycles. The largest absolute Gasteiger partial charge is 0.458 e. The van der Waals surface area contributed by atoms with Crippen molar-refractivity contribution >= 4 is 23.9 Å². The number of nitrogens with zero attached hydrogens (tertiary/aromatic N) is 1. The molecular formula is C36H49N3O6. The molecule has 244 valence electrons. The maximum Gasteiger partial charge on any atom is 0.408 e. The molecule has 9 nitrogen and oxygen atoms in total. The van der Waals surface area contributed by atoms with Crippen LogP contribution in [0.25, 0.3) is 0 Å². The molecule has 4 atom stereocenters. The second-order valence-electron chi connectivity index (χ2n) is 13.3. The summed E-state index contributed by atoms with van der Waals surface area (Å²) >= 11 is 0. The summed E-state index contributed by atoms with van der Waals surface area (Å²) in [7, 11) is 0. The number of hydrogen-bond acceptors (Lipinski definition) is 6. The standard InChI is InChI=1S/C36H49N3O6/c1-12-23(3)29(38-34(43)45-36(9,10)11)32(41)39(13-2)30(28-24(4)18-17-19-25(28)5)31(40)37-27(33(42)44-35(6,7)8)22-26-20-15-14-16-21-26/h2,14-21,23,27,29-30H,12,22H2,1,3-11H3,(H,37,40)(H,38,43). The number of alkyl carbamates (subject to hydrolysis) is 1. The lowest BCUT2D eigenvalue weighted by molar-refractivity contribution is -0.159. The van der Waals surface area contributed by atoms with Crippen molar-refractivity contribution in [3.63, 3.8) is 0 Å². The van der Waals surface area contributed by atoms with E-state index in [-0.39, 0.29) is 12.3 Å². The van der Waals surface area contributed by atoms with Crippen LogP contribution < -0.4 is 10.6 Å². The third-order valence-electron chi connectivity index (χ3n) is 7.14. The Morgan fingerprint density at radius 2 is 1.42 bits per heavy atom. The zero-order valence-electron chi connectivity index (χ0n) is 28.3. The molecule has 0 saturated carbocycles. The minimum absolute atomic E-state index is 0.153. The van der Waals surface area contributed by atoms with Crippen LogP contribution in [0.4, 0.5) is 4.79 Å². The van der Waals surface area contributed by atoms with Gasteiger partial charge in [0.25, 0.3) is 5.91 Å². The van der Waals surface area contributed by atoms with Crippen molar-refractivity contribution < 1.29 is 28.7 Å². The zero-order valence-corrected chi connectivity index (χ0v) is 28.3. The first-order valence-corrected chi connectivity index (χ1v) is 15.3. The lowest BCUT2D eigenvalue weighted by Gasteiger charge is -2.34. The molecule has 9 heteroatoms. The molecule has 0 fully saturated rings. The quantitative estimate of drug-likeness (QED) is 0.188. The SMILES string of the molecule is C#CN(C(=O)C(NC(=O)OC(C)(C)C)C(C)CC)C(C(=O)NC(Cc1ccccc1)C(=O)OC(C)(C)C)c1c(C)cccc1C. The van der Waals surface area contributed by atoms with Crippen LogP contribution in [-0.2, 0) is 30.3 Å². The van der Waals surface area contributed by atoms with Gasteiger partial charge in [0, 0.05) is 12.5 Å². The maximum atomic E-state index is 14.4. The lowest BCUT2D eigenvalue weighted by Crippen LogP contribution is -2.55. The number of esters is 1. The minimum atomic E-state index is -1.32. The summed E-state index contributed by atoms with van der Waals surface area (Å²) in [4.78, 5) is 55.9. The van der Waals surface area contributed by atoms with Crippen molar-refractivity contribution in [3.8, 4) is 12.5 Å². The third-order valence-corrected chi connectivity index (χ3v) is 7.14. The summed E-state index contributed by atoms with van der Waals surface area (Å²) in [5.74, 6) is -2.29. The Balaban J connectivity index is 2.62. The van der Waals surface area contributed by atoms with E-state index in [4.69, 9.17) is 15.9 Å². The average Bonchev–Trinajstić information content (AvgIpc) is 2.93. The highest BCUT2D eigenvalue weighted by Crippen LogP contribution is 2.29. The van der Waals surface area contributed by atoms with E-state index in [0.717, 1.165) is 21.6 Å². The number of benzene rings is 2. The Kier molecular flexibility index (Phi) is 12.8. The second kappa shape index (κ2) is 15.6. The molecule has 2 aromatic rings. The number of nitrogens with one attached hydrogen (secondary N) is 2. The van der Waals surface area contributed by atoms with Crippen LogP contribution in [0.15, 0.2) is 48.5 Å². The van der Waals surface area contributed by atoms with Gasteiger partial charge >= 0.3 is 12.1 Å². The predicted octanol–water partition coefficient (Wildman–Crippen LogP) is 5.77. The van der Waals surface area contributed by atoms with E-state index < -0.39 is 53.2 Å². The highest BCUT2D eigenvalue weighted by molar-refractivity contribution is 5.95. The van der Waals surface area contributed by atoms with Crippen molar-refractivity contribution in [3.05, 3.63) is 70.8 Å². The van der Waals surface area contributed by atoms with Gasteiger partial charge in [-0.15, -0.1) is 0 Å². The fraction of sp³-hybridized carbons (Fsp3) is 0.500. The molecule has 0 aromatic heterocycles. The Hall–Kier alpha value is -4.32. The van der Waals surface area contributed by atoms with Crippen molar-refractivity contribution in [2.75, 3.05) is 0 Å². The zero-order chi connectivity index (χ0) is 34.1. The molecule has 2 aromatic carbocycles. The van der Waals surface area contributed by atoms with E-state index in [0.29, 0.717) is 12.0 Å². The number of amides is 3. The molecule has 0 radical (unpaired) electrons. The normalized spacial score (nSPS) is 14.2. The highest BCUT2D eigenvalue weighted by Gasteiger charge is 2.40. The number of terminal acetylenes is 1. The molecule has 0 bridgehead atoms. The van der Waals surface area contributed by atoms with Gasteiger partial charge in [0.15, 0.2) is 0 Å². The molecular weight excluding hydrogens is 570 g/mol. The number of carbonyl (C=O) groups excluding carboxylic acids is 4. The number of ether oxygens (including phenoxy) is 2. The first-order chi connectivity index (χ1) is 20.9. The fourth-order valence-corrected chi connectivity index (χ4v) is 4.84. The summed E-state index contributed by atoms with van der Waals surface area (Å²) in [6.45, 7) is 17.7. The van der Waals surface area contributed by atoms with Crippen LogP contribution in [0.2, 0.25) is 0 Å². The van der Waals surface area contributed by atoms with Gasteiger partial charge in [-0.25, -0.2) is 9.59 Å². The molecule has 0 aliphatic carbocycles. The molecule has 2 N–H and O–H groups in total. The van der Waals surface area contributed by atoms with Gasteiger partial charge in [-0.05, 0) is 83.6 Å². The van der Waals surface area contributed by atoms with Crippen LogP contribution in [0.1, 0.15) is 90.1 Å². The minimum Gasteiger partial charge on any atom is -0.458 e. The number of hydrogen-bond donors (Lipinski definition) is 2. The van der Waals surface area contributed by atoms with Gasteiger partial charge < -0.3 is 20.1 Å². The van der Waals surface area contributed by atoms with Crippen molar-refractivity contribution in [2.45, 2.75) is 111 Å². The molecule has 0 aliphatic rings. The predicted molar refractivity (Wildman–Crippen MR) is 175 cm³/mol. The molecule has 0 spiro atoms. The van der Waals surface area contributed by atoms with E-state index in [1.165, 1.54) is 0 Å². The lowest BCUT2D eigenvalue weighted by atomic mass is 9.92. The third kappa shape index (κ3) is 11.0. The average molecular weight is 620 g/mol. The van der Waals surface area contributed by atoms with Gasteiger partial charge in [-0.1, -0.05) is 75.2 Å². The monoisotopic (exact) mass is 619 g/mol. The van der Waals surface area contributed by atoms with Crippen LogP contribution in [0.3, 0.4) is 0 Å². The maximum absolute atomic E-state index is 14.4. The van der Waals surface area contributed by atoms with Gasteiger partial charge in [-0.2, -0.15) is 0 Å². The van der Waals surface area contributed by atoms with E-state index in [2.05, 4.69) is 16.7 Å². The Morgan fingerprint density at radius 3 is 1.91 bits per heavy atom. The van der Waals surface area contributed by atoms with Crippen molar-refractivity contribution in [1.82, 2.24) is 15.5 Å². The summed E-state index contributed by atoms with van der Waals surface area (Å²) in [6.07, 6.45) is 5.90. The first-order valence-electron chi connectivity index (χ1n) is 15.3. The smallest absolute Gasteiger partial charge is 0.408 e. The first kappa shape index (κ1) is 36.9. The molecule has 2 rings (SSSR count). The Labute approximate surface area is 268 Å². The van der Waals surface area contributed by atoms with Gasteiger partial charge in [0.05, 0.1) is 0 Å². The number of aryl methyl sites for hydroxylation is 2. The molecule has 0 saturated heterocycles. The van der Waals surface area contributed by atoms with Gasteiger partial charge in [0.2, 0.25) is 5.91 Å². The van der Waals surface area contributed by atoms with Crippen molar-refractivity contribution in [2.24, 2.45) is 5.92 Å². The highest BCUT2D eigenvalue weighted by atomic mass is 16.6. The molecule has 45 heavy (non-hydrogen) atoms. The summed E-state index contributed by atoms with van der Waals surface area (Å²) in [5.41, 5.74) is 1.17. The second-order valence-corrected chi connectivity index (χ2v) is 13.3. The summed E-state index contributed by atoms with van der Waals surface area (Å²) < 4.78 is 11.1. The fourth-order valence-electron chi connectivity index (χ4n) is 4.84. The number of carbonyl (C=O) groups is 4. The Bertz CT molecular complexity index is 1360. The van der Waals surface area contributed by atoms with Crippen LogP contribution >= 0.6 is 0 Å². The van der Waals surface area contributed by atoms with Crippen LogP contribution in [0.5, 0.6) is 0 Å². The van der Waals surface area contributed by atoms with Gasteiger partial charge in [0.1, 0.15) is 29.3 Å². The molecule has 4 unspecified atom stereocenters. The van der Waals surface area contributed by atoms with Gasteiger partial charge in [-0.3, -0.25) is 14.5 Å². The number of rotatable bonds is 11. The Morgan fingerprint density at radius 1 is 0.867 bits per heavy atom. The van der Waals surface area contributed by atoms with Crippen LogP contribution in [-0.4, -0.2) is 52.1 Å². The molecule has 3 amide bonds.